The van der Waals surface area contributed by atoms with Crippen molar-refractivity contribution < 1.29 is 4.74 Å². The summed E-state index contributed by atoms with van der Waals surface area (Å²) in [6, 6.07) is 15.7. The predicted molar refractivity (Wildman–Crippen MR) is 99.8 cm³/mol. The molecular weight excluding hydrogens is 296 g/mol. The number of H-pyrrole nitrogens is 1. The average Bonchev–Trinajstić information content (AvgIpc) is 2.98. The highest BCUT2D eigenvalue weighted by Crippen LogP contribution is 2.33. The number of aromatic nitrogens is 1. The Kier molecular flexibility index (Phi) is 3.81. The number of likely N-dealkylation sites (N-methyl/N-ethyl adjacent to an activating group) is 1. The van der Waals surface area contributed by atoms with Crippen molar-refractivity contribution in [2.24, 2.45) is 0 Å². The largest absolute Gasteiger partial charge is 0.497 e. The Labute approximate surface area is 143 Å². The molecule has 3 heteroatoms. The molecule has 24 heavy (non-hydrogen) atoms. The first-order valence-electron chi connectivity index (χ1n) is 8.60. The molecule has 1 aliphatic rings. The van der Waals surface area contributed by atoms with Crippen LogP contribution in [0.3, 0.4) is 0 Å². The van der Waals surface area contributed by atoms with Crippen LogP contribution in [0.25, 0.3) is 22.0 Å². The van der Waals surface area contributed by atoms with E-state index in [1.807, 2.05) is 12.1 Å². The minimum atomic E-state index is 0.640. The molecule has 0 amide bonds. The van der Waals surface area contributed by atoms with Gasteiger partial charge in [-0.3, -0.25) is 0 Å². The van der Waals surface area contributed by atoms with Gasteiger partial charge in [0, 0.05) is 22.6 Å². The van der Waals surface area contributed by atoms with Gasteiger partial charge >= 0.3 is 0 Å². The van der Waals surface area contributed by atoms with Gasteiger partial charge in [-0.15, -0.1) is 0 Å². The van der Waals surface area contributed by atoms with Crippen LogP contribution in [0.15, 0.2) is 42.5 Å². The van der Waals surface area contributed by atoms with Crippen LogP contribution >= 0.6 is 0 Å². The number of aryl methyl sites for hydroxylation is 1. The lowest BCUT2D eigenvalue weighted by molar-refractivity contribution is 0.268. The monoisotopic (exact) mass is 320 g/mol. The topological polar surface area (TPSA) is 28.3 Å². The second-order valence-electron chi connectivity index (χ2n) is 6.93. The highest BCUT2D eigenvalue weighted by Gasteiger charge is 2.23. The highest BCUT2D eigenvalue weighted by atomic mass is 16.5. The first kappa shape index (κ1) is 15.3. The van der Waals surface area contributed by atoms with Crippen molar-refractivity contribution in [3.8, 4) is 16.9 Å². The molecule has 0 fully saturated rings. The zero-order chi connectivity index (χ0) is 16.7. The van der Waals surface area contributed by atoms with E-state index in [1.165, 1.54) is 39.7 Å². The van der Waals surface area contributed by atoms with Gasteiger partial charge in [0.25, 0.3) is 0 Å². The molecule has 1 aromatic heterocycles. The van der Waals surface area contributed by atoms with Crippen molar-refractivity contribution in [2.45, 2.75) is 25.3 Å². The number of rotatable bonds is 3. The lowest BCUT2D eigenvalue weighted by Gasteiger charge is -2.28. The maximum atomic E-state index is 5.26. The lowest BCUT2D eigenvalue weighted by Crippen LogP contribution is -2.33. The summed E-state index contributed by atoms with van der Waals surface area (Å²) in [6.45, 7) is 0. The second-order valence-corrected chi connectivity index (χ2v) is 6.93. The van der Waals surface area contributed by atoms with Gasteiger partial charge in [-0.25, -0.2) is 0 Å². The maximum Gasteiger partial charge on any atom is 0.118 e. The summed E-state index contributed by atoms with van der Waals surface area (Å²) in [4.78, 5) is 5.99. The van der Waals surface area contributed by atoms with Crippen LogP contribution in [0.5, 0.6) is 5.75 Å². The van der Waals surface area contributed by atoms with E-state index in [-0.39, 0.29) is 0 Å². The standard InChI is InChI=1S/C21H24N2O/c1-23(2)16-7-11-21-19(13-16)18-12-15(6-10-20(18)22-21)14-4-8-17(24-3)9-5-14/h4-6,8-10,12,16,22H,7,11,13H2,1-3H3. The van der Waals surface area contributed by atoms with Gasteiger partial charge < -0.3 is 14.6 Å². The summed E-state index contributed by atoms with van der Waals surface area (Å²) >= 11 is 0. The fraction of sp³-hybridized carbons (Fsp3) is 0.333. The van der Waals surface area contributed by atoms with Gasteiger partial charge in [0.1, 0.15) is 5.75 Å². The molecule has 0 saturated heterocycles. The molecule has 1 N–H and O–H groups in total. The van der Waals surface area contributed by atoms with Crippen LogP contribution < -0.4 is 4.74 Å². The Morgan fingerprint density at radius 1 is 1.04 bits per heavy atom. The van der Waals surface area contributed by atoms with Crippen molar-refractivity contribution in [3.05, 3.63) is 53.7 Å². The Morgan fingerprint density at radius 3 is 2.50 bits per heavy atom. The van der Waals surface area contributed by atoms with Gasteiger partial charge in [-0.2, -0.15) is 0 Å². The SMILES string of the molecule is COc1ccc(-c2ccc3[nH]c4c(c3c2)CC(N(C)C)CC4)cc1. The van der Waals surface area contributed by atoms with E-state index in [2.05, 4.69) is 54.3 Å². The molecule has 1 heterocycles. The van der Waals surface area contributed by atoms with Gasteiger partial charge in [0.15, 0.2) is 0 Å². The lowest BCUT2D eigenvalue weighted by atomic mass is 9.90. The summed E-state index contributed by atoms with van der Waals surface area (Å²) in [5.41, 5.74) is 6.68. The molecule has 0 bridgehead atoms. The molecular formula is C21H24N2O. The van der Waals surface area contributed by atoms with E-state index in [4.69, 9.17) is 4.74 Å². The van der Waals surface area contributed by atoms with E-state index in [1.54, 1.807) is 7.11 Å². The third-order valence-electron chi connectivity index (χ3n) is 5.32. The number of hydrogen-bond acceptors (Lipinski definition) is 2. The normalized spacial score (nSPS) is 17.2. The number of methoxy groups -OCH3 is 1. The van der Waals surface area contributed by atoms with E-state index in [0.717, 1.165) is 18.6 Å². The van der Waals surface area contributed by atoms with Gasteiger partial charge in [-0.05, 0) is 74.3 Å². The highest BCUT2D eigenvalue weighted by molar-refractivity contribution is 5.89. The number of benzene rings is 2. The van der Waals surface area contributed by atoms with Gasteiger partial charge in [0.2, 0.25) is 0 Å². The first-order valence-corrected chi connectivity index (χ1v) is 8.60. The zero-order valence-electron chi connectivity index (χ0n) is 14.6. The minimum Gasteiger partial charge on any atom is -0.497 e. The van der Waals surface area contributed by atoms with Crippen molar-refractivity contribution in [3.63, 3.8) is 0 Å². The number of fused-ring (bicyclic) bond motifs is 3. The van der Waals surface area contributed by atoms with Gasteiger partial charge in [-0.1, -0.05) is 18.2 Å². The van der Waals surface area contributed by atoms with Gasteiger partial charge in [0.05, 0.1) is 7.11 Å². The van der Waals surface area contributed by atoms with E-state index < -0.39 is 0 Å². The summed E-state index contributed by atoms with van der Waals surface area (Å²) in [5.74, 6) is 0.896. The molecule has 1 aliphatic carbocycles. The van der Waals surface area contributed by atoms with Crippen LogP contribution in [-0.4, -0.2) is 37.1 Å². The first-order chi connectivity index (χ1) is 11.7. The molecule has 0 saturated carbocycles. The molecule has 1 unspecified atom stereocenters. The van der Waals surface area contributed by atoms with Crippen molar-refractivity contribution in [1.82, 2.24) is 9.88 Å². The third-order valence-corrected chi connectivity index (χ3v) is 5.32. The maximum absolute atomic E-state index is 5.26. The third kappa shape index (κ3) is 2.59. The zero-order valence-corrected chi connectivity index (χ0v) is 14.6. The van der Waals surface area contributed by atoms with E-state index in [9.17, 15) is 0 Å². The molecule has 1 atom stereocenters. The number of nitrogens with one attached hydrogen (secondary N) is 1. The van der Waals surface area contributed by atoms with Crippen LogP contribution in [0.2, 0.25) is 0 Å². The summed E-state index contributed by atoms with van der Waals surface area (Å²) in [5, 5.41) is 1.38. The molecule has 0 spiro atoms. The predicted octanol–water partition coefficient (Wildman–Crippen LogP) is 4.26. The smallest absolute Gasteiger partial charge is 0.118 e. The Bertz CT molecular complexity index is 861. The number of hydrogen-bond donors (Lipinski definition) is 1. The van der Waals surface area contributed by atoms with E-state index >= 15 is 0 Å². The fourth-order valence-electron chi connectivity index (χ4n) is 3.80. The number of ether oxygens (including phenoxy) is 1. The van der Waals surface area contributed by atoms with Crippen molar-refractivity contribution >= 4 is 10.9 Å². The summed E-state index contributed by atoms with van der Waals surface area (Å²) in [6.07, 6.45) is 3.51. The van der Waals surface area contributed by atoms with Crippen LogP contribution in [0, 0.1) is 0 Å². The average molecular weight is 320 g/mol. The fourth-order valence-corrected chi connectivity index (χ4v) is 3.80. The minimum absolute atomic E-state index is 0.640. The Balaban J connectivity index is 1.76. The molecule has 4 rings (SSSR count). The molecule has 0 aliphatic heterocycles. The van der Waals surface area contributed by atoms with Crippen LogP contribution in [0.1, 0.15) is 17.7 Å². The number of nitrogens with zero attached hydrogens (tertiary/aromatic N) is 1. The molecule has 3 nitrogen and oxygen atoms in total. The second kappa shape index (κ2) is 5.99. The number of aromatic amines is 1. The van der Waals surface area contributed by atoms with Crippen LogP contribution in [0.4, 0.5) is 0 Å². The van der Waals surface area contributed by atoms with Crippen molar-refractivity contribution in [1.29, 1.82) is 0 Å². The van der Waals surface area contributed by atoms with Crippen molar-refractivity contribution in [2.75, 3.05) is 21.2 Å². The quantitative estimate of drug-likeness (QED) is 0.781. The summed E-state index contributed by atoms with van der Waals surface area (Å²) < 4.78 is 5.26. The van der Waals surface area contributed by atoms with E-state index in [0.29, 0.717) is 6.04 Å². The molecule has 3 aromatic rings. The Morgan fingerprint density at radius 2 is 1.79 bits per heavy atom. The Hall–Kier alpha value is -2.26. The van der Waals surface area contributed by atoms with Crippen LogP contribution in [-0.2, 0) is 12.8 Å². The summed E-state index contributed by atoms with van der Waals surface area (Å²) in [7, 11) is 6.08. The molecule has 0 radical (unpaired) electrons. The molecule has 124 valence electrons. The molecule has 2 aromatic carbocycles.